The van der Waals surface area contributed by atoms with E-state index in [-0.39, 0.29) is 23.3 Å². The molecule has 0 aliphatic rings. The molecule has 0 aliphatic heterocycles. The lowest BCUT2D eigenvalue weighted by Gasteiger charge is -2.13. The number of amides is 1. The SMILES string of the molecule is CNC(=O)c1cnc2[nH]c(=O)n(C(C)c3ccccc3)c2n1. The minimum atomic E-state index is -0.345. The Morgan fingerprint density at radius 3 is 2.73 bits per heavy atom. The number of aromatic nitrogens is 4. The van der Waals surface area contributed by atoms with Gasteiger partial charge in [-0.25, -0.2) is 14.8 Å². The molecule has 1 amide bonds. The van der Waals surface area contributed by atoms with Gasteiger partial charge >= 0.3 is 5.69 Å². The van der Waals surface area contributed by atoms with Gasteiger partial charge in [0, 0.05) is 7.05 Å². The Bertz CT molecular complexity index is 882. The predicted octanol–water partition coefficient (Wildman–Crippen LogP) is 1.09. The number of fused-ring (bicyclic) bond motifs is 1. The molecule has 112 valence electrons. The quantitative estimate of drug-likeness (QED) is 0.757. The summed E-state index contributed by atoms with van der Waals surface area (Å²) in [6.45, 7) is 1.90. The maximum atomic E-state index is 12.2. The Kier molecular flexibility index (Phi) is 3.46. The summed E-state index contributed by atoms with van der Waals surface area (Å²) in [5.41, 5.74) is 1.56. The average molecular weight is 297 g/mol. The summed E-state index contributed by atoms with van der Waals surface area (Å²) in [5.74, 6) is -0.345. The molecule has 2 heterocycles. The molecule has 1 unspecified atom stereocenters. The predicted molar refractivity (Wildman–Crippen MR) is 81.8 cm³/mol. The molecule has 1 aromatic carbocycles. The number of nitrogens with one attached hydrogen (secondary N) is 2. The molecule has 22 heavy (non-hydrogen) atoms. The molecule has 0 radical (unpaired) electrons. The molecule has 3 rings (SSSR count). The van der Waals surface area contributed by atoms with Gasteiger partial charge in [0.05, 0.1) is 12.2 Å². The molecule has 0 saturated carbocycles. The zero-order valence-corrected chi connectivity index (χ0v) is 12.2. The number of H-pyrrole nitrogens is 1. The van der Waals surface area contributed by atoms with Gasteiger partial charge < -0.3 is 5.32 Å². The summed E-state index contributed by atoms with van der Waals surface area (Å²) < 4.78 is 1.50. The fraction of sp³-hybridized carbons (Fsp3) is 0.200. The van der Waals surface area contributed by atoms with Crippen molar-refractivity contribution < 1.29 is 4.79 Å². The summed E-state index contributed by atoms with van der Waals surface area (Å²) in [4.78, 5) is 35.0. The van der Waals surface area contributed by atoms with E-state index >= 15 is 0 Å². The number of hydrogen-bond acceptors (Lipinski definition) is 4. The van der Waals surface area contributed by atoms with E-state index in [1.807, 2.05) is 37.3 Å². The largest absolute Gasteiger partial charge is 0.354 e. The molecule has 0 bridgehead atoms. The summed E-state index contributed by atoms with van der Waals surface area (Å²) in [5, 5.41) is 2.49. The summed E-state index contributed by atoms with van der Waals surface area (Å²) in [6.07, 6.45) is 1.34. The van der Waals surface area contributed by atoms with Crippen LogP contribution in [0.15, 0.2) is 41.3 Å². The van der Waals surface area contributed by atoms with Crippen LogP contribution >= 0.6 is 0 Å². The zero-order valence-electron chi connectivity index (χ0n) is 12.2. The number of imidazole rings is 1. The molecule has 3 aromatic rings. The van der Waals surface area contributed by atoms with Crippen LogP contribution in [0.3, 0.4) is 0 Å². The van der Waals surface area contributed by atoms with Crippen LogP contribution in [0.1, 0.15) is 29.0 Å². The zero-order chi connectivity index (χ0) is 15.7. The second-order valence-corrected chi connectivity index (χ2v) is 4.89. The fourth-order valence-corrected chi connectivity index (χ4v) is 2.37. The Balaban J connectivity index is 2.18. The number of hydrogen-bond donors (Lipinski definition) is 2. The molecular weight excluding hydrogens is 282 g/mol. The number of nitrogens with zero attached hydrogens (tertiary/aromatic N) is 3. The smallest absolute Gasteiger partial charge is 0.329 e. The minimum absolute atomic E-state index is 0.169. The van der Waals surface area contributed by atoms with Crippen molar-refractivity contribution in [3.63, 3.8) is 0 Å². The molecule has 0 aliphatic carbocycles. The second kappa shape index (κ2) is 5.44. The molecule has 7 nitrogen and oxygen atoms in total. The average Bonchev–Trinajstić information content (AvgIpc) is 2.89. The normalized spacial score (nSPS) is 12.3. The molecule has 0 spiro atoms. The van der Waals surface area contributed by atoms with E-state index in [9.17, 15) is 9.59 Å². The number of carbonyl (C=O) groups excluding carboxylic acids is 1. The second-order valence-electron chi connectivity index (χ2n) is 4.89. The molecule has 7 heteroatoms. The van der Waals surface area contributed by atoms with Crippen molar-refractivity contribution in [3.8, 4) is 0 Å². The van der Waals surface area contributed by atoms with Crippen molar-refractivity contribution in [3.05, 3.63) is 58.3 Å². The highest BCUT2D eigenvalue weighted by Crippen LogP contribution is 2.19. The monoisotopic (exact) mass is 297 g/mol. The van der Waals surface area contributed by atoms with Gasteiger partial charge in [-0.15, -0.1) is 0 Å². The number of rotatable bonds is 3. The lowest BCUT2D eigenvalue weighted by atomic mass is 10.1. The van der Waals surface area contributed by atoms with Crippen LogP contribution in [-0.4, -0.2) is 32.5 Å². The first-order valence-corrected chi connectivity index (χ1v) is 6.86. The van der Waals surface area contributed by atoms with Gasteiger partial charge in [0.15, 0.2) is 11.3 Å². The fourth-order valence-electron chi connectivity index (χ4n) is 2.37. The van der Waals surface area contributed by atoms with E-state index in [1.54, 1.807) is 0 Å². The molecule has 0 saturated heterocycles. The number of aromatic amines is 1. The van der Waals surface area contributed by atoms with E-state index in [1.165, 1.54) is 17.8 Å². The highest BCUT2D eigenvalue weighted by Gasteiger charge is 2.18. The Labute approximate surface area is 126 Å². The van der Waals surface area contributed by atoms with Crippen molar-refractivity contribution in [2.45, 2.75) is 13.0 Å². The van der Waals surface area contributed by atoms with Crippen molar-refractivity contribution >= 4 is 17.2 Å². The summed E-state index contributed by atoms with van der Waals surface area (Å²) in [7, 11) is 1.52. The van der Waals surface area contributed by atoms with Crippen molar-refractivity contribution in [1.82, 2.24) is 24.8 Å². The van der Waals surface area contributed by atoms with Crippen LogP contribution in [0.25, 0.3) is 11.3 Å². The Morgan fingerprint density at radius 1 is 1.32 bits per heavy atom. The summed E-state index contributed by atoms with van der Waals surface area (Å²) >= 11 is 0. The topological polar surface area (TPSA) is 92.7 Å². The van der Waals surface area contributed by atoms with Gasteiger partial charge in [-0.2, -0.15) is 0 Å². The van der Waals surface area contributed by atoms with Gasteiger partial charge in [-0.1, -0.05) is 30.3 Å². The van der Waals surface area contributed by atoms with Crippen molar-refractivity contribution in [2.24, 2.45) is 0 Å². The van der Waals surface area contributed by atoms with Crippen LogP contribution in [0.5, 0.6) is 0 Å². The highest BCUT2D eigenvalue weighted by molar-refractivity contribution is 5.92. The van der Waals surface area contributed by atoms with Gasteiger partial charge in [-0.3, -0.25) is 14.3 Å². The van der Waals surface area contributed by atoms with Crippen LogP contribution in [0, 0.1) is 0 Å². The Morgan fingerprint density at radius 2 is 2.05 bits per heavy atom. The summed E-state index contributed by atoms with van der Waals surface area (Å²) in [6, 6.07) is 9.38. The number of benzene rings is 1. The molecular formula is C15H15N5O2. The molecule has 1 atom stereocenters. The van der Waals surface area contributed by atoms with Crippen LogP contribution in [0.4, 0.5) is 0 Å². The highest BCUT2D eigenvalue weighted by atomic mass is 16.2. The van der Waals surface area contributed by atoms with Gasteiger partial charge in [0.2, 0.25) is 0 Å². The maximum Gasteiger partial charge on any atom is 0.329 e. The first-order valence-electron chi connectivity index (χ1n) is 6.86. The van der Waals surface area contributed by atoms with E-state index in [0.717, 1.165) is 5.56 Å². The van der Waals surface area contributed by atoms with Crippen LogP contribution < -0.4 is 11.0 Å². The third-order valence-corrected chi connectivity index (χ3v) is 3.56. The van der Waals surface area contributed by atoms with Gasteiger partial charge in [0.25, 0.3) is 5.91 Å². The van der Waals surface area contributed by atoms with Gasteiger partial charge in [-0.05, 0) is 12.5 Å². The lowest BCUT2D eigenvalue weighted by molar-refractivity contribution is 0.0958. The van der Waals surface area contributed by atoms with E-state index in [0.29, 0.717) is 11.3 Å². The molecule has 2 N–H and O–H groups in total. The lowest BCUT2D eigenvalue weighted by Crippen LogP contribution is -2.23. The van der Waals surface area contributed by atoms with E-state index < -0.39 is 0 Å². The number of carbonyl (C=O) groups is 1. The third kappa shape index (κ3) is 2.26. The standard InChI is InChI=1S/C15H15N5O2/c1-9(10-6-4-3-5-7-10)20-13-12(19-15(20)22)17-8-11(18-13)14(21)16-2/h3-9H,1-2H3,(H,16,21)(H,17,19,22). The van der Waals surface area contributed by atoms with Crippen LogP contribution in [-0.2, 0) is 0 Å². The van der Waals surface area contributed by atoms with E-state index in [4.69, 9.17) is 0 Å². The maximum absolute atomic E-state index is 12.2. The van der Waals surface area contributed by atoms with E-state index in [2.05, 4.69) is 20.3 Å². The van der Waals surface area contributed by atoms with Crippen LogP contribution in [0.2, 0.25) is 0 Å². The Hall–Kier alpha value is -2.96. The van der Waals surface area contributed by atoms with Gasteiger partial charge in [0.1, 0.15) is 5.69 Å². The minimum Gasteiger partial charge on any atom is -0.354 e. The first kappa shape index (κ1) is 14.0. The van der Waals surface area contributed by atoms with Crippen molar-refractivity contribution in [1.29, 1.82) is 0 Å². The van der Waals surface area contributed by atoms with Crippen molar-refractivity contribution in [2.75, 3.05) is 7.05 Å². The first-order chi connectivity index (χ1) is 10.6. The molecule has 0 fully saturated rings. The molecule has 2 aromatic heterocycles. The third-order valence-electron chi connectivity index (χ3n) is 3.56.